The zero-order chi connectivity index (χ0) is 24.1. The van der Waals surface area contributed by atoms with Crippen molar-refractivity contribution < 1.29 is 31.6 Å². The largest absolute Gasteiger partial charge is 0.459 e. The molecule has 0 bridgehead atoms. The van der Waals surface area contributed by atoms with Crippen LogP contribution in [0.3, 0.4) is 0 Å². The lowest BCUT2D eigenvalue weighted by atomic mass is 10.1. The van der Waals surface area contributed by atoms with Gasteiger partial charge in [0.2, 0.25) is 11.0 Å². The molecule has 0 spiro atoms. The number of carbonyl (C=O) groups is 2. The smallest absolute Gasteiger partial charge is 0.416 e. The zero-order valence-corrected chi connectivity index (χ0v) is 17.8. The number of nitrogens with zero attached hydrogens (tertiary/aromatic N) is 3. The summed E-state index contributed by atoms with van der Waals surface area (Å²) >= 11 is 1.01. The van der Waals surface area contributed by atoms with E-state index in [1.807, 2.05) is 0 Å². The van der Waals surface area contributed by atoms with E-state index in [9.17, 15) is 22.8 Å². The topological polar surface area (TPSA) is 123 Å². The van der Waals surface area contributed by atoms with Gasteiger partial charge >= 0.3 is 6.18 Å². The minimum absolute atomic E-state index is 0.109. The van der Waals surface area contributed by atoms with Crippen LogP contribution in [-0.2, 0) is 17.4 Å². The number of nitrogens with one attached hydrogen (secondary N) is 2. The summed E-state index contributed by atoms with van der Waals surface area (Å²) in [6, 6.07) is 10.8. The highest BCUT2D eigenvalue weighted by molar-refractivity contribution is 7.15. The standard InChI is InChI=1S/C21H14F3N5O4S/c22-21(23,24)13-4-1-3-12(9-13)15-7-6-14(33-15)11-25-27-17(30)10-18-28-29-20(34-18)26-19(31)16-5-2-8-32-16/h1-9,11H,10H2,(H,27,30)(H,26,29,31)/b25-11+. The Bertz CT molecular complexity index is 1330. The molecule has 1 aromatic carbocycles. The predicted molar refractivity (Wildman–Crippen MR) is 115 cm³/mol. The number of rotatable bonds is 7. The van der Waals surface area contributed by atoms with E-state index in [2.05, 4.69) is 26.0 Å². The van der Waals surface area contributed by atoms with Gasteiger partial charge in [-0.2, -0.15) is 18.3 Å². The number of benzene rings is 1. The van der Waals surface area contributed by atoms with Gasteiger partial charge in [-0.3, -0.25) is 14.9 Å². The summed E-state index contributed by atoms with van der Waals surface area (Å²) in [5, 5.41) is 14.4. The van der Waals surface area contributed by atoms with Crippen LogP contribution in [0.15, 0.2) is 68.7 Å². The van der Waals surface area contributed by atoms with Crippen molar-refractivity contribution >= 4 is 34.5 Å². The lowest BCUT2D eigenvalue weighted by Gasteiger charge is -2.07. The molecule has 0 aliphatic carbocycles. The Morgan fingerprint density at radius 2 is 1.97 bits per heavy atom. The molecular formula is C21H14F3N5O4S. The lowest BCUT2D eigenvalue weighted by molar-refractivity contribution is -0.137. The second-order valence-corrected chi connectivity index (χ2v) is 7.74. The van der Waals surface area contributed by atoms with Crippen molar-refractivity contribution in [3.63, 3.8) is 0 Å². The van der Waals surface area contributed by atoms with Crippen LogP contribution in [0.25, 0.3) is 11.3 Å². The molecule has 0 saturated heterocycles. The van der Waals surface area contributed by atoms with Gasteiger partial charge in [0.15, 0.2) is 5.76 Å². The van der Waals surface area contributed by atoms with Gasteiger partial charge in [0.05, 0.1) is 24.5 Å². The molecular weight excluding hydrogens is 475 g/mol. The fourth-order valence-electron chi connectivity index (χ4n) is 2.71. The monoisotopic (exact) mass is 489 g/mol. The molecule has 0 atom stereocenters. The number of hydrazone groups is 1. The molecule has 13 heteroatoms. The maximum atomic E-state index is 12.9. The molecule has 0 fully saturated rings. The second kappa shape index (κ2) is 9.70. The number of hydrogen-bond donors (Lipinski definition) is 2. The minimum Gasteiger partial charge on any atom is -0.459 e. The highest BCUT2D eigenvalue weighted by atomic mass is 32.1. The zero-order valence-electron chi connectivity index (χ0n) is 17.0. The van der Waals surface area contributed by atoms with Gasteiger partial charge in [-0.1, -0.05) is 23.5 Å². The fourth-order valence-corrected chi connectivity index (χ4v) is 3.45. The lowest BCUT2D eigenvalue weighted by Crippen LogP contribution is -2.19. The van der Waals surface area contributed by atoms with Gasteiger partial charge in [0.1, 0.15) is 16.5 Å². The van der Waals surface area contributed by atoms with E-state index in [0.717, 1.165) is 23.5 Å². The molecule has 4 aromatic rings. The van der Waals surface area contributed by atoms with Gasteiger partial charge in [-0.05, 0) is 36.4 Å². The SMILES string of the molecule is O=C(Cc1nnc(NC(=O)c2ccco2)s1)N/N=C/c1ccc(-c2cccc(C(F)(F)F)c2)o1. The van der Waals surface area contributed by atoms with Crippen LogP contribution in [0.2, 0.25) is 0 Å². The van der Waals surface area contributed by atoms with E-state index in [-0.39, 0.29) is 34.4 Å². The van der Waals surface area contributed by atoms with Crippen LogP contribution in [0, 0.1) is 0 Å². The van der Waals surface area contributed by atoms with Crippen LogP contribution >= 0.6 is 11.3 Å². The highest BCUT2D eigenvalue weighted by Crippen LogP contribution is 2.32. The third-order valence-electron chi connectivity index (χ3n) is 4.23. The number of alkyl halides is 3. The normalized spacial score (nSPS) is 11.6. The average molecular weight is 489 g/mol. The van der Waals surface area contributed by atoms with Gasteiger partial charge in [0.25, 0.3) is 5.91 Å². The minimum atomic E-state index is -4.46. The first-order valence-electron chi connectivity index (χ1n) is 9.54. The maximum Gasteiger partial charge on any atom is 0.416 e. The molecule has 34 heavy (non-hydrogen) atoms. The summed E-state index contributed by atoms with van der Waals surface area (Å²) < 4.78 is 49.1. The van der Waals surface area contributed by atoms with Crippen molar-refractivity contribution in [3.05, 3.63) is 76.9 Å². The number of aromatic nitrogens is 2. The summed E-state index contributed by atoms with van der Waals surface area (Å²) in [7, 11) is 0. The third-order valence-corrected chi connectivity index (χ3v) is 5.06. The van der Waals surface area contributed by atoms with Crippen molar-refractivity contribution in [2.45, 2.75) is 12.6 Å². The fraction of sp³-hybridized carbons (Fsp3) is 0.0952. The Morgan fingerprint density at radius 1 is 1.12 bits per heavy atom. The predicted octanol–water partition coefficient (Wildman–Crippen LogP) is 4.36. The quantitative estimate of drug-likeness (QED) is 0.294. The van der Waals surface area contributed by atoms with Gasteiger partial charge < -0.3 is 8.83 Å². The van der Waals surface area contributed by atoms with Gasteiger partial charge in [-0.25, -0.2) is 5.43 Å². The van der Waals surface area contributed by atoms with Crippen molar-refractivity contribution in [2.75, 3.05) is 5.32 Å². The Kier molecular flexibility index (Phi) is 6.54. The summed E-state index contributed by atoms with van der Waals surface area (Å²) in [5.41, 5.74) is 1.76. The number of hydrogen-bond acceptors (Lipinski definition) is 8. The molecule has 0 radical (unpaired) electrons. The van der Waals surface area contributed by atoms with Gasteiger partial charge in [-0.15, -0.1) is 10.2 Å². The van der Waals surface area contributed by atoms with Crippen LogP contribution in [0.4, 0.5) is 18.3 Å². The second-order valence-electron chi connectivity index (χ2n) is 6.68. The number of halogens is 3. The van der Waals surface area contributed by atoms with Crippen molar-refractivity contribution in [2.24, 2.45) is 5.10 Å². The first-order chi connectivity index (χ1) is 16.3. The molecule has 0 aliphatic heterocycles. The Hall–Kier alpha value is -4.26. The van der Waals surface area contributed by atoms with Crippen molar-refractivity contribution in [1.82, 2.24) is 15.6 Å². The Labute approximate surface area is 193 Å². The molecule has 0 aliphatic rings. The number of furan rings is 2. The molecule has 9 nitrogen and oxygen atoms in total. The summed E-state index contributed by atoms with van der Waals surface area (Å²) in [4.78, 5) is 24.0. The first-order valence-corrected chi connectivity index (χ1v) is 10.4. The molecule has 0 saturated carbocycles. The number of amides is 2. The molecule has 2 amide bonds. The van der Waals surface area contributed by atoms with Crippen LogP contribution in [0.5, 0.6) is 0 Å². The third kappa shape index (κ3) is 5.75. The van der Waals surface area contributed by atoms with Crippen LogP contribution in [0.1, 0.15) is 26.9 Å². The first kappa shape index (κ1) is 22.9. The Balaban J connectivity index is 1.30. The van der Waals surface area contributed by atoms with E-state index < -0.39 is 23.6 Å². The number of carbonyl (C=O) groups excluding carboxylic acids is 2. The molecule has 3 heterocycles. The van der Waals surface area contributed by atoms with Crippen molar-refractivity contribution in [3.8, 4) is 11.3 Å². The van der Waals surface area contributed by atoms with Gasteiger partial charge in [0, 0.05) is 5.56 Å². The van der Waals surface area contributed by atoms with E-state index in [0.29, 0.717) is 5.01 Å². The van der Waals surface area contributed by atoms with Crippen LogP contribution < -0.4 is 10.7 Å². The molecule has 4 rings (SSSR count). The Morgan fingerprint density at radius 3 is 2.74 bits per heavy atom. The summed E-state index contributed by atoms with van der Waals surface area (Å²) in [5.74, 6) is -0.438. The average Bonchev–Trinajstić information content (AvgIpc) is 3.56. The maximum absolute atomic E-state index is 12.9. The van der Waals surface area contributed by atoms with Crippen molar-refractivity contribution in [1.29, 1.82) is 0 Å². The number of anilines is 1. The molecule has 174 valence electrons. The van der Waals surface area contributed by atoms with E-state index in [1.54, 1.807) is 6.07 Å². The van der Waals surface area contributed by atoms with E-state index in [1.165, 1.54) is 42.8 Å². The highest BCUT2D eigenvalue weighted by Gasteiger charge is 2.30. The van der Waals surface area contributed by atoms with E-state index >= 15 is 0 Å². The van der Waals surface area contributed by atoms with E-state index in [4.69, 9.17) is 8.83 Å². The molecule has 0 unspecified atom stereocenters. The molecule has 2 N–H and O–H groups in total. The van der Waals surface area contributed by atoms with Crippen LogP contribution in [-0.4, -0.2) is 28.2 Å². The summed E-state index contributed by atoms with van der Waals surface area (Å²) in [6.07, 6.45) is -2.03. The molecule has 3 aromatic heterocycles. The summed E-state index contributed by atoms with van der Waals surface area (Å²) in [6.45, 7) is 0.